The zero-order valence-corrected chi connectivity index (χ0v) is 12.5. The first-order valence-electron chi connectivity index (χ1n) is 7.26. The number of benzene rings is 1. The molecule has 22 heavy (non-hydrogen) atoms. The molecule has 3 rings (SSSR count). The van der Waals surface area contributed by atoms with Crippen molar-refractivity contribution in [2.24, 2.45) is 0 Å². The molecule has 0 unspecified atom stereocenters. The summed E-state index contributed by atoms with van der Waals surface area (Å²) >= 11 is 0. The standard InChI is InChI=1S/C15H18N2O5/c1-15(2)14(19)13(16-7-3-4-12(16)18)10-8-9(17(20)21)5-6-11(10)22-15/h5-6,8,13-14,19H,3-4,7H2,1-2H3/t13-,14+/m1/s1. The predicted octanol–water partition coefficient (Wildman–Crippen LogP) is 1.79. The molecule has 1 aromatic rings. The minimum atomic E-state index is -0.955. The van der Waals surface area contributed by atoms with Crippen LogP contribution in [0.2, 0.25) is 0 Å². The normalized spacial score (nSPS) is 26.5. The van der Waals surface area contributed by atoms with E-state index in [0.29, 0.717) is 24.3 Å². The molecule has 1 saturated heterocycles. The average Bonchev–Trinajstić information content (AvgIpc) is 2.85. The lowest BCUT2D eigenvalue weighted by Crippen LogP contribution is -2.53. The number of fused-ring (bicyclic) bond motifs is 1. The number of aliphatic hydroxyl groups excluding tert-OH is 1. The fraction of sp³-hybridized carbons (Fsp3) is 0.533. The molecule has 0 spiro atoms. The van der Waals surface area contributed by atoms with Crippen molar-refractivity contribution in [1.82, 2.24) is 4.90 Å². The summed E-state index contributed by atoms with van der Waals surface area (Å²) in [6, 6.07) is 3.68. The first-order chi connectivity index (χ1) is 10.3. The van der Waals surface area contributed by atoms with Crippen LogP contribution in [0.4, 0.5) is 5.69 Å². The molecule has 1 aromatic carbocycles. The highest BCUT2D eigenvalue weighted by molar-refractivity contribution is 5.79. The third-order valence-corrected chi connectivity index (χ3v) is 4.35. The number of nitrogens with zero attached hydrogens (tertiary/aromatic N) is 2. The van der Waals surface area contributed by atoms with E-state index in [4.69, 9.17) is 4.74 Å². The molecule has 0 saturated carbocycles. The highest BCUT2D eigenvalue weighted by atomic mass is 16.6. The number of nitro groups is 1. The number of carbonyl (C=O) groups is 1. The summed E-state index contributed by atoms with van der Waals surface area (Å²) in [4.78, 5) is 24.2. The molecular formula is C15H18N2O5. The van der Waals surface area contributed by atoms with E-state index in [-0.39, 0.29) is 11.6 Å². The SMILES string of the molecule is CC1(C)Oc2ccc([N+](=O)[O-])cc2[C@@H](N2CCCC2=O)[C@@H]1O. The molecular weight excluding hydrogens is 288 g/mol. The highest BCUT2D eigenvalue weighted by Gasteiger charge is 2.47. The zero-order chi connectivity index (χ0) is 16.1. The van der Waals surface area contributed by atoms with E-state index in [1.807, 2.05) is 0 Å². The van der Waals surface area contributed by atoms with Crippen LogP contribution < -0.4 is 4.74 Å². The number of ether oxygens (including phenoxy) is 1. The van der Waals surface area contributed by atoms with Crippen LogP contribution in [0.1, 0.15) is 38.3 Å². The van der Waals surface area contributed by atoms with Crippen LogP contribution in [0.3, 0.4) is 0 Å². The van der Waals surface area contributed by atoms with Gasteiger partial charge in [-0.05, 0) is 26.3 Å². The van der Waals surface area contributed by atoms with Gasteiger partial charge in [0.1, 0.15) is 17.5 Å². The van der Waals surface area contributed by atoms with Crippen LogP contribution in [0.25, 0.3) is 0 Å². The Hall–Kier alpha value is -2.15. The number of hydrogen-bond donors (Lipinski definition) is 1. The lowest BCUT2D eigenvalue weighted by molar-refractivity contribution is -0.385. The molecule has 2 heterocycles. The van der Waals surface area contributed by atoms with Crippen molar-refractivity contribution in [1.29, 1.82) is 0 Å². The van der Waals surface area contributed by atoms with E-state index >= 15 is 0 Å². The smallest absolute Gasteiger partial charge is 0.270 e. The summed E-state index contributed by atoms with van der Waals surface area (Å²) in [6.07, 6.45) is 0.214. The third-order valence-electron chi connectivity index (χ3n) is 4.35. The Kier molecular flexibility index (Phi) is 3.32. The maximum Gasteiger partial charge on any atom is 0.270 e. The molecule has 0 radical (unpaired) electrons. The average molecular weight is 306 g/mol. The monoisotopic (exact) mass is 306 g/mol. The molecule has 0 aliphatic carbocycles. The van der Waals surface area contributed by atoms with Crippen molar-refractivity contribution in [3.05, 3.63) is 33.9 Å². The van der Waals surface area contributed by atoms with Gasteiger partial charge >= 0.3 is 0 Å². The molecule has 1 fully saturated rings. The number of amides is 1. The fourth-order valence-electron chi connectivity index (χ4n) is 3.17. The largest absolute Gasteiger partial charge is 0.485 e. The van der Waals surface area contributed by atoms with Crippen LogP contribution >= 0.6 is 0 Å². The van der Waals surface area contributed by atoms with Gasteiger partial charge in [0.2, 0.25) is 5.91 Å². The molecule has 7 heteroatoms. The van der Waals surface area contributed by atoms with Gasteiger partial charge in [0, 0.05) is 30.7 Å². The van der Waals surface area contributed by atoms with Crippen LogP contribution in [0, 0.1) is 10.1 Å². The number of hydrogen-bond acceptors (Lipinski definition) is 5. The number of nitro benzene ring substituents is 1. The Bertz CT molecular complexity index is 643. The van der Waals surface area contributed by atoms with E-state index in [1.54, 1.807) is 18.7 Å². The van der Waals surface area contributed by atoms with Crippen molar-refractivity contribution in [3.63, 3.8) is 0 Å². The summed E-state index contributed by atoms with van der Waals surface area (Å²) in [5.41, 5.74) is -0.460. The quantitative estimate of drug-likeness (QED) is 0.664. The van der Waals surface area contributed by atoms with E-state index in [1.165, 1.54) is 18.2 Å². The lowest BCUT2D eigenvalue weighted by Gasteiger charge is -2.45. The highest BCUT2D eigenvalue weighted by Crippen LogP contribution is 2.45. The second-order valence-electron chi connectivity index (χ2n) is 6.27. The number of likely N-dealkylation sites (tertiary alicyclic amines) is 1. The zero-order valence-electron chi connectivity index (χ0n) is 12.5. The van der Waals surface area contributed by atoms with Gasteiger partial charge < -0.3 is 14.7 Å². The third kappa shape index (κ3) is 2.21. The van der Waals surface area contributed by atoms with E-state index in [9.17, 15) is 20.0 Å². The lowest BCUT2D eigenvalue weighted by atomic mass is 9.85. The number of rotatable bonds is 2. The second kappa shape index (κ2) is 4.95. The second-order valence-corrected chi connectivity index (χ2v) is 6.27. The van der Waals surface area contributed by atoms with Gasteiger partial charge in [0.05, 0.1) is 11.0 Å². The van der Waals surface area contributed by atoms with Crippen LogP contribution in [0.15, 0.2) is 18.2 Å². The van der Waals surface area contributed by atoms with Gasteiger partial charge in [0.25, 0.3) is 5.69 Å². The molecule has 1 N–H and O–H groups in total. The Balaban J connectivity index is 2.12. The Labute approximate surface area is 127 Å². The molecule has 1 amide bonds. The van der Waals surface area contributed by atoms with E-state index < -0.39 is 22.7 Å². The van der Waals surface area contributed by atoms with Crippen LogP contribution in [0.5, 0.6) is 5.75 Å². The van der Waals surface area contributed by atoms with Gasteiger partial charge in [-0.1, -0.05) is 0 Å². The number of non-ortho nitro benzene ring substituents is 1. The summed E-state index contributed by atoms with van der Waals surface area (Å²) in [7, 11) is 0. The molecule has 2 aliphatic heterocycles. The minimum Gasteiger partial charge on any atom is -0.485 e. The van der Waals surface area contributed by atoms with E-state index in [0.717, 1.165) is 6.42 Å². The first-order valence-corrected chi connectivity index (χ1v) is 7.26. The van der Waals surface area contributed by atoms with Gasteiger partial charge in [-0.25, -0.2) is 0 Å². The summed E-state index contributed by atoms with van der Waals surface area (Å²) in [6.45, 7) is 4.03. The Morgan fingerprint density at radius 2 is 2.18 bits per heavy atom. The van der Waals surface area contributed by atoms with Gasteiger partial charge in [0.15, 0.2) is 0 Å². The van der Waals surface area contributed by atoms with Crippen molar-refractivity contribution in [2.75, 3.05) is 6.54 Å². The Morgan fingerprint density at radius 3 is 2.77 bits per heavy atom. The Morgan fingerprint density at radius 1 is 1.45 bits per heavy atom. The van der Waals surface area contributed by atoms with Crippen molar-refractivity contribution >= 4 is 11.6 Å². The number of aliphatic hydroxyl groups is 1. The van der Waals surface area contributed by atoms with Gasteiger partial charge in [-0.2, -0.15) is 0 Å². The molecule has 0 aromatic heterocycles. The van der Waals surface area contributed by atoms with Crippen molar-refractivity contribution < 1.29 is 19.6 Å². The van der Waals surface area contributed by atoms with Crippen LogP contribution in [-0.4, -0.2) is 39.1 Å². The summed E-state index contributed by atoms with van der Waals surface area (Å²) in [5.74, 6) is 0.435. The molecule has 118 valence electrons. The topological polar surface area (TPSA) is 92.9 Å². The van der Waals surface area contributed by atoms with Gasteiger partial charge in [-0.15, -0.1) is 0 Å². The predicted molar refractivity (Wildman–Crippen MR) is 77.5 cm³/mol. The number of carbonyl (C=O) groups excluding carboxylic acids is 1. The molecule has 0 bridgehead atoms. The minimum absolute atomic E-state index is 0.0424. The molecule has 7 nitrogen and oxygen atoms in total. The summed E-state index contributed by atoms with van der Waals surface area (Å²) < 4.78 is 5.78. The maximum atomic E-state index is 12.1. The maximum absolute atomic E-state index is 12.1. The van der Waals surface area contributed by atoms with E-state index in [2.05, 4.69) is 0 Å². The van der Waals surface area contributed by atoms with Crippen molar-refractivity contribution in [3.8, 4) is 5.75 Å². The van der Waals surface area contributed by atoms with Crippen LogP contribution in [-0.2, 0) is 4.79 Å². The van der Waals surface area contributed by atoms with Crippen molar-refractivity contribution in [2.45, 2.75) is 44.4 Å². The first kappa shape index (κ1) is 14.8. The molecule has 2 atom stereocenters. The van der Waals surface area contributed by atoms with Gasteiger partial charge in [-0.3, -0.25) is 14.9 Å². The summed E-state index contributed by atoms with van der Waals surface area (Å²) in [5, 5.41) is 21.7. The molecule has 2 aliphatic rings. The fourth-order valence-corrected chi connectivity index (χ4v) is 3.17.